The molecule has 0 aromatic rings. The molecule has 25 heavy (non-hydrogen) atoms. The van der Waals surface area contributed by atoms with Crippen molar-refractivity contribution in [2.24, 2.45) is 5.73 Å². The standard InChI is InChI=1S/C13H22N4O8/c1-5(16-12(23)7(14)3-9(19)20)10(21)15-6(2)11(22)17-8(4-18)13(24)25/h5-8,18H,3-4,14H2,1-2H3,(H,15,21)(H,16,23)(H,17,22)(H,19,20)(H,24,25). The molecule has 0 spiro atoms. The molecule has 4 atom stereocenters. The summed E-state index contributed by atoms with van der Waals surface area (Å²) in [5.74, 6) is -5.19. The first-order chi connectivity index (χ1) is 11.5. The third-order valence-corrected chi connectivity index (χ3v) is 3.03. The van der Waals surface area contributed by atoms with Crippen molar-refractivity contribution >= 4 is 29.7 Å². The number of aliphatic hydroxyl groups excluding tert-OH is 1. The number of amides is 3. The summed E-state index contributed by atoms with van der Waals surface area (Å²) < 4.78 is 0. The molecule has 0 aliphatic carbocycles. The average molecular weight is 362 g/mol. The van der Waals surface area contributed by atoms with Gasteiger partial charge in [0.15, 0.2) is 0 Å². The van der Waals surface area contributed by atoms with Crippen LogP contribution >= 0.6 is 0 Å². The second-order valence-electron chi connectivity index (χ2n) is 5.25. The highest BCUT2D eigenvalue weighted by Crippen LogP contribution is 1.93. The minimum atomic E-state index is -1.52. The quantitative estimate of drug-likeness (QED) is 0.204. The Labute approximate surface area is 142 Å². The molecule has 0 aromatic heterocycles. The number of aliphatic carboxylic acids is 2. The van der Waals surface area contributed by atoms with E-state index in [-0.39, 0.29) is 0 Å². The Morgan fingerprint density at radius 1 is 0.880 bits per heavy atom. The number of nitrogens with two attached hydrogens (primary N) is 1. The lowest BCUT2D eigenvalue weighted by Gasteiger charge is -2.20. The van der Waals surface area contributed by atoms with E-state index < -0.39 is 66.9 Å². The highest BCUT2D eigenvalue weighted by Gasteiger charge is 2.26. The topological polar surface area (TPSA) is 208 Å². The van der Waals surface area contributed by atoms with Gasteiger partial charge in [-0.2, -0.15) is 0 Å². The third kappa shape index (κ3) is 8.08. The lowest BCUT2D eigenvalue weighted by Crippen LogP contribution is -2.56. The highest BCUT2D eigenvalue weighted by molar-refractivity contribution is 5.94. The average Bonchev–Trinajstić information content (AvgIpc) is 2.50. The van der Waals surface area contributed by atoms with E-state index in [1.165, 1.54) is 13.8 Å². The molecule has 0 rings (SSSR count). The van der Waals surface area contributed by atoms with Gasteiger partial charge < -0.3 is 37.0 Å². The van der Waals surface area contributed by atoms with Crippen molar-refractivity contribution < 1.29 is 39.3 Å². The van der Waals surface area contributed by atoms with Crippen molar-refractivity contribution in [3.8, 4) is 0 Å². The first-order valence-corrected chi connectivity index (χ1v) is 7.21. The summed E-state index contributed by atoms with van der Waals surface area (Å²) in [5.41, 5.74) is 5.35. The maximum absolute atomic E-state index is 11.9. The predicted octanol–water partition coefficient (Wildman–Crippen LogP) is -3.64. The van der Waals surface area contributed by atoms with Gasteiger partial charge in [-0.3, -0.25) is 19.2 Å². The Morgan fingerprint density at radius 3 is 1.72 bits per heavy atom. The lowest BCUT2D eigenvalue weighted by atomic mass is 10.2. The second-order valence-corrected chi connectivity index (χ2v) is 5.25. The molecule has 0 saturated heterocycles. The van der Waals surface area contributed by atoms with Gasteiger partial charge in [0.2, 0.25) is 17.7 Å². The van der Waals surface area contributed by atoms with E-state index in [2.05, 4.69) is 10.6 Å². The third-order valence-electron chi connectivity index (χ3n) is 3.03. The van der Waals surface area contributed by atoms with Gasteiger partial charge in [0.25, 0.3) is 0 Å². The number of carboxylic acids is 2. The van der Waals surface area contributed by atoms with Crippen LogP contribution in [-0.4, -0.2) is 75.8 Å². The molecule has 0 aromatic carbocycles. The van der Waals surface area contributed by atoms with Gasteiger partial charge in [-0.05, 0) is 13.8 Å². The number of rotatable bonds is 10. The highest BCUT2D eigenvalue weighted by atomic mass is 16.4. The van der Waals surface area contributed by atoms with Crippen LogP contribution < -0.4 is 21.7 Å². The largest absolute Gasteiger partial charge is 0.481 e. The fourth-order valence-electron chi connectivity index (χ4n) is 1.55. The number of carbonyl (C=O) groups is 5. The molecule has 12 nitrogen and oxygen atoms in total. The van der Waals surface area contributed by atoms with E-state index >= 15 is 0 Å². The van der Waals surface area contributed by atoms with E-state index in [0.29, 0.717) is 0 Å². The summed E-state index contributed by atoms with van der Waals surface area (Å²) in [6, 6.07) is -5.11. The van der Waals surface area contributed by atoms with Crippen LogP contribution in [0.15, 0.2) is 0 Å². The summed E-state index contributed by atoms with van der Waals surface area (Å²) in [6.07, 6.45) is -0.614. The van der Waals surface area contributed by atoms with Crippen LogP contribution in [0.25, 0.3) is 0 Å². The lowest BCUT2D eigenvalue weighted by molar-refractivity contribution is -0.143. The van der Waals surface area contributed by atoms with Crippen LogP contribution in [0.4, 0.5) is 0 Å². The first kappa shape index (κ1) is 22.3. The van der Waals surface area contributed by atoms with Gasteiger partial charge in [-0.1, -0.05) is 0 Å². The first-order valence-electron chi connectivity index (χ1n) is 7.21. The van der Waals surface area contributed by atoms with Gasteiger partial charge in [-0.25, -0.2) is 4.79 Å². The van der Waals surface area contributed by atoms with Gasteiger partial charge in [0.1, 0.15) is 18.1 Å². The van der Waals surface area contributed by atoms with Crippen LogP contribution in [0.3, 0.4) is 0 Å². The Bertz CT molecular complexity index is 538. The van der Waals surface area contributed by atoms with Crippen molar-refractivity contribution in [2.45, 2.75) is 44.4 Å². The fourth-order valence-corrected chi connectivity index (χ4v) is 1.55. The molecule has 12 heteroatoms. The zero-order chi connectivity index (χ0) is 19.7. The van der Waals surface area contributed by atoms with Crippen LogP contribution in [0, 0.1) is 0 Å². The van der Waals surface area contributed by atoms with Crippen LogP contribution in [0.1, 0.15) is 20.3 Å². The van der Waals surface area contributed by atoms with E-state index in [4.69, 9.17) is 21.1 Å². The SMILES string of the molecule is CC(NC(=O)C(N)CC(=O)O)C(=O)NC(C)C(=O)NC(CO)C(=O)O. The monoisotopic (exact) mass is 362 g/mol. The molecule has 142 valence electrons. The van der Waals surface area contributed by atoms with Gasteiger partial charge >= 0.3 is 11.9 Å². The van der Waals surface area contributed by atoms with Gasteiger partial charge in [0.05, 0.1) is 19.1 Å². The molecular formula is C13H22N4O8. The number of carbonyl (C=O) groups excluding carboxylic acids is 3. The Morgan fingerprint density at radius 2 is 1.32 bits per heavy atom. The molecule has 0 fully saturated rings. The maximum atomic E-state index is 11.9. The molecule has 8 N–H and O–H groups in total. The molecule has 0 aliphatic heterocycles. The van der Waals surface area contributed by atoms with Crippen molar-refractivity contribution in [3.63, 3.8) is 0 Å². The number of hydrogen-bond donors (Lipinski definition) is 7. The van der Waals surface area contributed by atoms with Crippen molar-refractivity contribution in [1.29, 1.82) is 0 Å². The Hall–Kier alpha value is -2.73. The Balaban J connectivity index is 4.55. The maximum Gasteiger partial charge on any atom is 0.328 e. The molecule has 0 bridgehead atoms. The van der Waals surface area contributed by atoms with Crippen molar-refractivity contribution in [1.82, 2.24) is 16.0 Å². The van der Waals surface area contributed by atoms with E-state index in [1.807, 2.05) is 5.32 Å². The summed E-state index contributed by atoms with van der Waals surface area (Å²) in [5, 5.41) is 32.5. The smallest absolute Gasteiger partial charge is 0.328 e. The number of nitrogens with one attached hydrogen (secondary N) is 3. The van der Waals surface area contributed by atoms with E-state index in [9.17, 15) is 24.0 Å². The molecular weight excluding hydrogens is 340 g/mol. The second kappa shape index (κ2) is 10.2. The van der Waals surface area contributed by atoms with Gasteiger partial charge in [-0.15, -0.1) is 0 Å². The number of carboxylic acid groups (broad SMARTS) is 2. The fraction of sp³-hybridized carbons (Fsp3) is 0.615. The Kier molecular flexibility index (Phi) is 9.09. The summed E-state index contributed by atoms with van der Waals surface area (Å²) >= 11 is 0. The van der Waals surface area contributed by atoms with Crippen LogP contribution in [0.2, 0.25) is 0 Å². The van der Waals surface area contributed by atoms with E-state index in [0.717, 1.165) is 0 Å². The van der Waals surface area contributed by atoms with Crippen LogP contribution in [0.5, 0.6) is 0 Å². The summed E-state index contributed by atoms with van der Waals surface area (Å²) in [4.78, 5) is 56.5. The zero-order valence-corrected chi connectivity index (χ0v) is 13.7. The molecule has 0 radical (unpaired) electrons. The van der Waals surface area contributed by atoms with Crippen molar-refractivity contribution in [2.75, 3.05) is 6.61 Å². The molecule has 0 heterocycles. The van der Waals surface area contributed by atoms with Crippen molar-refractivity contribution in [3.05, 3.63) is 0 Å². The van der Waals surface area contributed by atoms with Crippen LogP contribution in [-0.2, 0) is 24.0 Å². The normalized spacial score (nSPS) is 15.2. The minimum absolute atomic E-state index is 0.614. The predicted molar refractivity (Wildman–Crippen MR) is 82.1 cm³/mol. The van der Waals surface area contributed by atoms with E-state index in [1.54, 1.807) is 0 Å². The molecule has 0 saturated carbocycles. The molecule has 0 aliphatic rings. The van der Waals surface area contributed by atoms with Gasteiger partial charge in [0, 0.05) is 0 Å². The minimum Gasteiger partial charge on any atom is -0.481 e. The molecule has 4 unspecified atom stereocenters. The number of aliphatic hydroxyl groups is 1. The summed E-state index contributed by atoms with van der Waals surface area (Å²) in [6.45, 7) is 1.74. The summed E-state index contributed by atoms with van der Waals surface area (Å²) in [7, 11) is 0. The zero-order valence-electron chi connectivity index (χ0n) is 13.7. The number of hydrogen-bond acceptors (Lipinski definition) is 7. The molecule has 3 amide bonds.